The highest BCUT2D eigenvalue weighted by atomic mass is 16.5. The van der Waals surface area contributed by atoms with Crippen molar-refractivity contribution in [1.82, 2.24) is 4.98 Å². The van der Waals surface area contributed by atoms with E-state index in [1.165, 1.54) is 7.11 Å². The molecule has 4 heteroatoms. The Morgan fingerprint density at radius 1 is 1.62 bits per heavy atom. The fourth-order valence-corrected chi connectivity index (χ4v) is 1.02. The van der Waals surface area contributed by atoms with Gasteiger partial charge in [0, 0.05) is 13.2 Å². The Balaban J connectivity index is 3.13. The van der Waals surface area contributed by atoms with Gasteiger partial charge >= 0.3 is 5.97 Å². The van der Waals surface area contributed by atoms with E-state index in [9.17, 15) is 4.79 Å². The number of methoxy groups -OCH3 is 1. The molecule has 0 unspecified atom stereocenters. The molecule has 1 heterocycles. The lowest BCUT2D eigenvalue weighted by Crippen LogP contribution is -2.08. The molecule has 0 atom stereocenters. The van der Waals surface area contributed by atoms with Gasteiger partial charge in [-0.25, -0.2) is 9.78 Å². The molecule has 4 nitrogen and oxygen atoms in total. The molecule has 0 bridgehead atoms. The van der Waals surface area contributed by atoms with E-state index in [2.05, 4.69) is 15.0 Å². The Hall–Kier alpha value is -1.58. The second-order valence-electron chi connectivity index (χ2n) is 2.65. The van der Waals surface area contributed by atoms with Crippen molar-refractivity contribution in [2.75, 3.05) is 19.5 Å². The molecule has 1 rings (SSSR count). The van der Waals surface area contributed by atoms with Crippen molar-refractivity contribution in [2.45, 2.75) is 6.92 Å². The number of aryl methyl sites for hydroxylation is 1. The van der Waals surface area contributed by atoms with E-state index < -0.39 is 5.97 Å². The molecule has 1 aromatic rings. The summed E-state index contributed by atoms with van der Waals surface area (Å²) < 4.78 is 4.58. The Kier molecular flexibility index (Phi) is 2.84. The number of esters is 1. The number of hydrogen-bond acceptors (Lipinski definition) is 4. The van der Waals surface area contributed by atoms with Crippen LogP contribution in [0.3, 0.4) is 0 Å². The zero-order chi connectivity index (χ0) is 9.84. The minimum atomic E-state index is -0.427. The molecule has 1 aromatic heterocycles. The predicted octanol–water partition coefficient (Wildman–Crippen LogP) is 1.22. The summed E-state index contributed by atoms with van der Waals surface area (Å²) in [5.41, 5.74) is 2.00. The standard InChI is InChI=1S/C9H12N2O2/c1-6-4-7(10-2)8(11-5-6)9(12)13-3/h4-5,10H,1-3H3. The van der Waals surface area contributed by atoms with Crippen LogP contribution in [0.5, 0.6) is 0 Å². The molecule has 13 heavy (non-hydrogen) atoms. The maximum atomic E-state index is 11.2. The summed E-state index contributed by atoms with van der Waals surface area (Å²) in [4.78, 5) is 15.2. The van der Waals surface area contributed by atoms with Crippen molar-refractivity contribution < 1.29 is 9.53 Å². The number of hydrogen-bond donors (Lipinski definition) is 1. The Bertz CT molecular complexity index is 323. The van der Waals surface area contributed by atoms with E-state index in [1.807, 2.05) is 13.0 Å². The molecule has 0 spiro atoms. The second-order valence-corrected chi connectivity index (χ2v) is 2.65. The number of carbonyl (C=O) groups excluding carboxylic acids is 1. The average Bonchev–Trinajstić information content (AvgIpc) is 2.16. The number of ether oxygens (including phenoxy) is 1. The summed E-state index contributed by atoms with van der Waals surface area (Å²) in [5.74, 6) is -0.427. The molecule has 0 radical (unpaired) electrons. The summed E-state index contributed by atoms with van der Waals surface area (Å²) in [6, 6.07) is 1.85. The van der Waals surface area contributed by atoms with Gasteiger partial charge in [-0.2, -0.15) is 0 Å². The monoisotopic (exact) mass is 180 g/mol. The van der Waals surface area contributed by atoms with Crippen LogP contribution in [0.4, 0.5) is 5.69 Å². The zero-order valence-corrected chi connectivity index (χ0v) is 7.92. The fraction of sp³-hybridized carbons (Fsp3) is 0.333. The van der Waals surface area contributed by atoms with Gasteiger partial charge in [0.25, 0.3) is 0 Å². The van der Waals surface area contributed by atoms with Crippen molar-refractivity contribution in [2.24, 2.45) is 0 Å². The highest BCUT2D eigenvalue weighted by molar-refractivity contribution is 5.93. The first-order valence-electron chi connectivity index (χ1n) is 3.91. The SMILES string of the molecule is CNc1cc(C)cnc1C(=O)OC. The largest absolute Gasteiger partial charge is 0.464 e. The second kappa shape index (κ2) is 3.89. The molecule has 1 N–H and O–H groups in total. The summed E-state index contributed by atoms with van der Waals surface area (Å²) in [7, 11) is 3.08. The van der Waals surface area contributed by atoms with Crippen LogP contribution < -0.4 is 5.32 Å². The van der Waals surface area contributed by atoms with Gasteiger partial charge < -0.3 is 10.1 Å². The summed E-state index contributed by atoms with van der Waals surface area (Å²) >= 11 is 0. The number of pyridine rings is 1. The van der Waals surface area contributed by atoms with E-state index in [0.717, 1.165) is 5.56 Å². The number of aromatic nitrogens is 1. The van der Waals surface area contributed by atoms with Gasteiger partial charge in [0.1, 0.15) is 0 Å². The van der Waals surface area contributed by atoms with Crippen molar-refractivity contribution in [1.29, 1.82) is 0 Å². The highest BCUT2D eigenvalue weighted by Crippen LogP contribution is 2.14. The molecule has 0 aliphatic rings. The Labute approximate surface area is 76.9 Å². The minimum Gasteiger partial charge on any atom is -0.464 e. The lowest BCUT2D eigenvalue weighted by atomic mass is 10.2. The third-order valence-corrected chi connectivity index (χ3v) is 1.67. The third-order valence-electron chi connectivity index (χ3n) is 1.67. The summed E-state index contributed by atoms with van der Waals surface area (Å²) in [6.07, 6.45) is 1.63. The van der Waals surface area contributed by atoms with Gasteiger partial charge in [0.15, 0.2) is 5.69 Å². The van der Waals surface area contributed by atoms with Crippen LogP contribution in [0.25, 0.3) is 0 Å². The summed E-state index contributed by atoms with van der Waals surface area (Å²) in [5, 5.41) is 2.89. The van der Waals surface area contributed by atoms with Crippen LogP contribution in [-0.4, -0.2) is 25.1 Å². The molecule has 0 aliphatic heterocycles. The van der Waals surface area contributed by atoms with Crippen molar-refractivity contribution >= 4 is 11.7 Å². The predicted molar refractivity (Wildman–Crippen MR) is 49.9 cm³/mol. The first-order valence-corrected chi connectivity index (χ1v) is 3.91. The third kappa shape index (κ3) is 1.96. The smallest absolute Gasteiger partial charge is 0.358 e. The Morgan fingerprint density at radius 3 is 2.85 bits per heavy atom. The lowest BCUT2D eigenvalue weighted by Gasteiger charge is -2.06. The zero-order valence-electron chi connectivity index (χ0n) is 7.92. The lowest BCUT2D eigenvalue weighted by molar-refractivity contribution is 0.0595. The number of rotatable bonds is 2. The van der Waals surface area contributed by atoms with Gasteiger partial charge in [0.2, 0.25) is 0 Å². The molecule has 0 aliphatic carbocycles. The fourth-order valence-electron chi connectivity index (χ4n) is 1.02. The van der Waals surface area contributed by atoms with Crippen LogP contribution in [-0.2, 0) is 4.74 Å². The van der Waals surface area contributed by atoms with E-state index >= 15 is 0 Å². The molecule has 0 amide bonds. The summed E-state index contributed by atoms with van der Waals surface area (Å²) in [6.45, 7) is 1.91. The highest BCUT2D eigenvalue weighted by Gasteiger charge is 2.11. The maximum absolute atomic E-state index is 11.2. The average molecular weight is 180 g/mol. The number of nitrogens with one attached hydrogen (secondary N) is 1. The van der Waals surface area contributed by atoms with Crippen LogP contribution in [0, 0.1) is 6.92 Å². The first kappa shape index (κ1) is 9.51. The normalized spacial score (nSPS) is 9.46. The van der Waals surface area contributed by atoms with E-state index in [-0.39, 0.29) is 0 Å². The van der Waals surface area contributed by atoms with E-state index in [1.54, 1.807) is 13.2 Å². The Morgan fingerprint density at radius 2 is 2.31 bits per heavy atom. The first-order chi connectivity index (χ1) is 6.19. The van der Waals surface area contributed by atoms with Gasteiger partial charge in [-0.05, 0) is 18.6 Å². The molecule has 70 valence electrons. The van der Waals surface area contributed by atoms with Gasteiger partial charge in [-0.3, -0.25) is 0 Å². The van der Waals surface area contributed by atoms with Crippen LogP contribution in [0.15, 0.2) is 12.3 Å². The van der Waals surface area contributed by atoms with Crippen molar-refractivity contribution in [3.63, 3.8) is 0 Å². The molecule has 0 fully saturated rings. The molecule has 0 aromatic carbocycles. The van der Waals surface area contributed by atoms with Gasteiger partial charge in [-0.1, -0.05) is 0 Å². The van der Waals surface area contributed by atoms with Gasteiger partial charge in [0.05, 0.1) is 12.8 Å². The molecule has 0 saturated carbocycles. The van der Waals surface area contributed by atoms with Gasteiger partial charge in [-0.15, -0.1) is 0 Å². The van der Waals surface area contributed by atoms with Crippen molar-refractivity contribution in [3.8, 4) is 0 Å². The van der Waals surface area contributed by atoms with E-state index in [0.29, 0.717) is 11.4 Å². The quantitative estimate of drug-likeness (QED) is 0.695. The van der Waals surface area contributed by atoms with Crippen LogP contribution >= 0.6 is 0 Å². The van der Waals surface area contributed by atoms with Crippen LogP contribution in [0.2, 0.25) is 0 Å². The maximum Gasteiger partial charge on any atom is 0.358 e. The molecule has 0 saturated heterocycles. The number of nitrogens with zero attached hydrogens (tertiary/aromatic N) is 1. The number of carbonyl (C=O) groups is 1. The topological polar surface area (TPSA) is 51.2 Å². The van der Waals surface area contributed by atoms with Crippen LogP contribution in [0.1, 0.15) is 16.1 Å². The molecular formula is C9H12N2O2. The van der Waals surface area contributed by atoms with E-state index in [4.69, 9.17) is 0 Å². The van der Waals surface area contributed by atoms with Crippen molar-refractivity contribution in [3.05, 3.63) is 23.5 Å². The minimum absolute atomic E-state index is 0.315. The molecular weight excluding hydrogens is 168 g/mol. The number of anilines is 1.